The second-order valence-corrected chi connectivity index (χ2v) is 10.7. The van der Waals surface area contributed by atoms with Gasteiger partial charge in [-0.2, -0.15) is 0 Å². The Labute approximate surface area is 215 Å². The molecule has 37 heavy (non-hydrogen) atoms. The number of hydrogen-bond donors (Lipinski definition) is 5. The van der Waals surface area contributed by atoms with Gasteiger partial charge in [0, 0.05) is 31.5 Å². The third kappa shape index (κ3) is 4.73. The SMILES string of the molecule is CCc1cc(O)ccc1C1CCC2C(c3ncc(C4=CCN(CC5CNC(=O)O5)CC4)[nH]3)NNC2C1F. The van der Waals surface area contributed by atoms with Crippen molar-refractivity contribution in [3.63, 3.8) is 0 Å². The highest BCUT2D eigenvalue weighted by atomic mass is 19.1. The largest absolute Gasteiger partial charge is 0.508 e. The highest BCUT2D eigenvalue weighted by molar-refractivity contribution is 5.69. The highest BCUT2D eigenvalue weighted by Crippen LogP contribution is 2.45. The van der Waals surface area contributed by atoms with Crippen LogP contribution >= 0.6 is 0 Å². The number of carbonyl (C=O) groups is 1. The number of benzene rings is 1. The van der Waals surface area contributed by atoms with E-state index >= 15 is 4.39 Å². The molecule has 6 unspecified atom stereocenters. The molecule has 1 aliphatic carbocycles. The molecule has 1 aromatic carbocycles. The van der Waals surface area contributed by atoms with E-state index in [4.69, 9.17) is 4.74 Å². The van der Waals surface area contributed by atoms with E-state index < -0.39 is 6.17 Å². The molecule has 0 radical (unpaired) electrons. The predicted molar refractivity (Wildman–Crippen MR) is 137 cm³/mol. The number of alkyl carbamates (subject to hydrolysis) is 1. The van der Waals surface area contributed by atoms with E-state index in [9.17, 15) is 9.90 Å². The van der Waals surface area contributed by atoms with Crippen LogP contribution in [0.4, 0.5) is 9.18 Å². The predicted octanol–water partition coefficient (Wildman–Crippen LogP) is 2.92. The Morgan fingerprint density at radius 1 is 1.27 bits per heavy atom. The maximum absolute atomic E-state index is 15.9. The number of nitrogens with zero attached hydrogens (tertiary/aromatic N) is 2. The fourth-order valence-corrected chi connectivity index (χ4v) is 6.51. The standard InChI is InChI=1S/C27H35FN6O3/c1-2-15-11-17(35)3-4-19(15)20-5-6-21-24(23(20)28)32-33-25(21)26-29-13-22(31-26)16-7-9-34(10-8-16)14-18-12-30-27(36)37-18/h3-4,7,11,13,18,20-21,23-25,32-33,35H,2,5-6,8-10,12,14H2,1H3,(H,29,31)(H,30,36). The van der Waals surface area contributed by atoms with E-state index in [1.165, 1.54) is 5.57 Å². The lowest BCUT2D eigenvalue weighted by atomic mass is 9.71. The van der Waals surface area contributed by atoms with E-state index in [2.05, 4.69) is 37.1 Å². The third-order valence-electron chi connectivity index (χ3n) is 8.48. The Kier molecular flexibility index (Phi) is 6.64. The fourth-order valence-electron chi connectivity index (χ4n) is 6.51. The summed E-state index contributed by atoms with van der Waals surface area (Å²) < 4.78 is 21.1. The average molecular weight is 511 g/mol. The monoisotopic (exact) mass is 510 g/mol. The normalized spacial score (nSPS) is 32.1. The Hall–Kier alpha value is -2.95. The van der Waals surface area contributed by atoms with E-state index in [1.807, 2.05) is 19.2 Å². The summed E-state index contributed by atoms with van der Waals surface area (Å²) >= 11 is 0. The average Bonchev–Trinajstić information content (AvgIpc) is 3.65. The van der Waals surface area contributed by atoms with Crippen molar-refractivity contribution < 1.29 is 19.0 Å². The number of carbonyl (C=O) groups excluding carboxylic acids is 1. The highest BCUT2D eigenvalue weighted by Gasteiger charge is 2.48. The van der Waals surface area contributed by atoms with Gasteiger partial charge in [0.05, 0.1) is 30.5 Å². The molecule has 0 bridgehead atoms. The molecule has 1 amide bonds. The van der Waals surface area contributed by atoms with Crippen LogP contribution in [0.15, 0.2) is 30.5 Å². The number of nitrogens with one attached hydrogen (secondary N) is 4. The molecule has 5 N–H and O–H groups in total. The number of cyclic esters (lactones) is 1. The van der Waals surface area contributed by atoms with Crippen LogP contribution < -0.4 is 16.2 Å². The molecule has 1 aromatic heterocycles. The van der Waals surface area contributed by atoms with Gasteiger partial charge in [-0.25, -0.2) is 19.6 Å². The summed E-state index contributed by atoms with van der Waals surface area (Å²) in [7, 11) is 0. The van der Waals surface area contributed by atoms with Crippen LogP contribution in [0.2, 0.25) is 0 Å². The Morgan fingerprint density at radius 2 is 2.16 bits per heavy atom. The fraction of sp³-hybridized carbons (Fsp3) is 0.556. The minimum Gasteiger partial charge on any atom is -0.508 e. The molecule has 4 heterocycles. The number of aromatic hydroxyl groups is 1. The van der Waals surface area contributed by atoms with Crippen molar-refractivity contribution in [3.8, 4) is 5.75 Å². The van der Waals surface area contributed by atoms with E-state index in [0.29, 0.717) is 6.54 Å². The number of halogens is 1. The second-order valence-electron chi connectivity index (χ2n) is 10.7. The molecule has 6 rings (SSSR count). The number of phenols is 1. The van der Waals surface area contributed by atoms with Crippen molar-refractivity contribution >= 4 is 11.7 Å². The Balaban J connectivity index is 1.10. The molecule has 3 aliphatic heterocycles. The first-order valence-corrected chi connectivity index (χ1v) is 13.4. The maximum atomic E-state index is 15.9. The van der Waals surface area contributed by atoms with Crippen molar-refractivity contribution in [1.82, 2.24) is 31.0 Å². The van der Waals surface area contributed by atoms with Crippen LogP contribution in [-0.2, 0) is 11.2 Å². The van der Waals surface area contributed by atoms with E-state index in [0.717, 1.165) is 68.0 Å². The minimum atomic E-state index is -1.03. The van der Waals surface area contributed by atoms with Crippen LogP contribution in [0.5, 0.6) is 5.75 Å². The molecule has 1 saturated carbocycles. The van der Waals surface area contributed by atoms with Crippen LogP contribution in [0.25, 0.3) is 5.57 Å². The van der Waals surface area contributed by atoms with Crippen LogP contribution in [-0.4, -0.2) is 70.6 Å². The van der Waals surface area contributed by atoms with Gasteiger partial charge in [-0.3, -0.25) is 10.3 Å². The molecular formula is C27H35FN6O3. The number of aryl methyl sites for hydroxylation is 1. The lowest BCUT2D eigenvalue weighted by Gasteiger charge is -2.36. The topological polar surface area (TPSA) is 115 Å². The zero-order chi connectivity index (χ0) is 25.5. The summed E-state index contributed by atoms with van der Waals surface area (Å²) in [6, 6.07) is 4.95. The number of rotatable bonds is 6. The molecule has 3 fully saturated rings. The number of H-pyrrole nitrogens is 1. The number of ether oxygens (including phenoxy) is 1. The van der Waals surface area contributed by atoms with Crippen LogP contribution in [0, 0.1) is 5.92 Å². The van der Waals surface area contributed by atoms with Crippen LogP contribution in [0.1, 0.15) is 60.8 Å². The van der Waals surface area contributed by atoms with Crippen molar-refractivity contribution in [1.29, 1.82) is 0 Å². The zero-order valence-electron chi connectivity index (χ0n) is 21.0. The van der Waals surface area contributed by atoms with Gasteiger partial charge >= 0.3 is 6.09 Å². The van der Waals surface area contributed by atoms with Gasteiger partial charge in [-0.15, -0.1) is 0 Å². The van der Waals surface area contributed by atoms with Crippen molar-refractivity contribution in [2.45, 2.75) is 62.9 Å². The van der Waals surface area contributed by atoms with E-state index in [-0.39, 0.29) is 41.9 Å². The van der Waals surface area contributed by atoms with Gasteiger partial charge in [0.1, 0.15) is 23.8 Å². The molecule has 2 saturated heterocycles. The smallest absolute Gasteiger partial charge is 0.407 e. The number of alkyl halides is 1. The molecule has 4 aliphatic rings. The third-order valence-corrected chi connectivity index (χ3v) is 8.48. The summed E-state index contributed by atoms with van der Waals surface area (Å²) in [5.74, 6) is 0.991. The summed E-state index contributed by atoms with van der Waals surface area (Å²) in [6.45, 7) is 5.03. The van der Waals surface area contributed by atoms with Crippen molar-refractivity contribution in [3.05, 3.63) is 53.1 Å². The number of aromatic amines is 1. The minimum absolute atomic E-state index is 0.0753. The summed E-state index contributed by atoms with van der Waals surface area (Å²) in [6.07, 6.45) is 5.95. The Morgan fingerprint density at radius 3 is 2.92 bits per heavy atom. The molecule has 9 nitrogen and oxygen atoms in total. The van der Waals surface area contributed by atoms with Gasteiger partial charge in [-0.1, -0.05) is 19.1 Å². The van der Waals surface area contributed by atoms with Crippen molar-refractivity contribution in [2.75, 3.05) is 26.2 Å². The number of hydrogen-bond acceptors (Lipinski definition) is 7. The lowest BCUT2D eigenvalue weighted by molar-refractivity contribution is 0.112. The number of hydrazine groups is 1. The molecule has 10 heteroatoms. The van der Waals surface area contributed by atoms with E-state index in [1.54, 1.807) is 12.1 Å². The van der Waals surface area contributed by atoms with Crippen LogP contribution in [0.3, 0.4) is 0 Å². The first kappa shape index (κ1) is 24.4. The van der Waals surface area contributed by atoms with Gasteiger partial charge in [0.2, 0.25) is 0 Å². The Bertz CT molecular complexity index is 1180. The zero-order valence-corrected chi connectivity index (χ0v) is 21.0. The molecule has 6 atom stereocenters. The first-order chi connectivity index (χ1) is 18.0. The number of amides is 1. The maximum Gasteiger partial charge on any atom is 0.407 e. The summed E-state index contributed by atoms with van der Waals surface area (Å²) in [5, 5.41) is 12.6. The summed E-state index contributed by atoms with van der Waals surface area (Å²) in [5.41, 5.74) is 10.8. The van der Waals surface area contributed by atoms with Gasteiger partial charge < -0.3 is 20.1 Å². The van der Waals surface area contributed by atoms with Crippen molar-refractivity contribution in [2.24, 2.45) is 5.92 Å². The number of fused-ring (bicyclic) bond motifs is 1. The molecule has 0 spiro atoms. The second kappa shape index (κ2) is 10.1. The quantitative estimate of drug-likeness (QED) is 0.406. The first-order valence-electron chi connectivity index (χ1n) is 13.4. The molecule has 198 valence electrons. The van der Waals surface area contributed by atoms with Gasteiger partial charge in [-0.05, 0) is 54.5 Å². The molecule has 2 aromatic rings. The number of phenolic OH excluding ortho intramolecular Hbond substituents is 1. The summed E-state index contributed by atoms with van der Waals surface area (Å²) in [4.78, 5) is 21.7. The number of imidazole rings is 1. The lowest BCUT2D eigenvalue weighted by Crippen LogP contribution is -2.45. The number of aromatic nitrogens is 2. The van der Waals surface area contributed by atoms with Gasteiger partial charge in [0.25, 0.3) is 0 Å². The van der Waals surface area contributed by atoms with Gasteiger partial charge in [0.15, 0.2) is 0 Å². The molecular weight excluding hydrogens is 475 g/mol.